The average Bonchev–Trinajstić information content (AvgIpc) is 2.68. The second-order valence-electron chi connectivity index (χ2n) is 4.42. The van der Waals surface area contributed by atoms with Gasteiger partial charge < -0.3 is 4.57 Å². The van der Waals surface area contributed by atoms with E-state index in [1.807, 2.05) is 11.5 Å². The zero-order valence-electron chi connectivity index (χ0n) is 10.4. The summed E-state index contributed by atoms with van der Waals surface area (Å²) in [5.74, 6) is -0.467. The van der Waals surface area contributed by atoms with Gasteiger partial charge in [-0.2, -0.15) is 0 Å². The SMILES string of the molecule is CCCC(C)n1c(CCl)nc2c(F)cc(F)cc21. The zero-order chi connectivity index (χ0) is 13.3. The van der Waals surface area contributed by atoms with Crippen molar-refractivity contribution in [2.24, 2.45) is 0 Å². The number of halogens is 3. The van der Waals surface area contributed by atoms with Crippen LogP contribution >= 0.6 is 11.6 Å². The van der Waals surface area contributed by atoms with Crippen molar-refractivity contribution in [2.45, 2.75) is 38.6 Å². The molecule has 1 unspecified atom stereocenters. The first-order valence-corrected chi connectivity index (χ1v) is 6.53. The van der Waals surface area contributed by atoms with Crippen LogP contribution in [0.1, 0.15) is 38.6 Å². The van der Waals surface area contributed by atoms with Gasteiger partial charge in [0.2, 0.25) is 0 Å². The molecule has 0 aliphatic heterocycles. The van der Waals surface area contributed by atoms with Gasteiger partial charge >= 0.3 is 0 Å². The summed E-state index contributed by atoms with van der Waals surface area (Å²) in [6, 6.07) is 2.28. The lowest BCUT2D eigenvalue weighted by Crippen LogP contribution is -2.08. The molecule has 0 radical (unpaired) electrons. The first kappa shape index (κ1) is 13.3. The van der Waals surface area contributed by atoms with Crippen molar-refractivity contribution in [2.75, 3.05) is 0 Å². The molecule has 2 aromatic rings. The number of benzene rings is 1. The molecule has 98 valence electrons. The van der Waals surface area contributed by atoms with Crippen molar-refractivity contribution in [1.29, 1.82) is 0 Å². The molecule has 1 heterocycles. The Morgan fingerprint density at radius 1 is 1.39 bits per heavy atom. The normalized spacial score (nSPS) is 13.2. The zero-order valence-corrected chi connectivity index (χ0v) is 11.1. The van der Waals surface area contributed by atoms with Gasteiger partial charge in [0.25, 0.3) is 0 Å². The van der Waals surface area contributed by atoms with Crippen molar-refractivity contribution in [1.82, 2.24) is 9.55 Å². The van der Waals surface area contributed by atoms with Gasteiger partial charge in [0.1, 0.15) is 17.2 Å². The predicted octanol–water partition coefficient (Wildman–Crippen LogP) is 4.41. The molecule has 2 nitrogen and oxygen atoms in total. The molecule has 18 heavy (non-hydrogen) atoms. The van der Waals surface area contributed by atoms with Crippen LogP contribution in [0.15, 0.2) is 12.1 Å². The monoisotopic (exact) mass is 272 g/mol. The summed E-state index contributed by atoms with van der Waals surface area (Å²) in [4.78, 5) is 4.16. The number of hydrogen-bond acceptors (Lipinski definition) is 1. The number of hydrogen-bond donors (Lipinski definition) is 0. The third-order valence-corrected chi connectivity index (χ3v) is 3.29. The van der Waals surface area contributed by atoms with Crippen molar-refractivity contribution in [3.63, 3.8) is 0 Å². The van der Waals surface area contributed by atoms with Crippen molar-refractivity contribution in [3.8, 4) is 0 Å². The second kappa shape index (κ2) is 5.22. The van der Waals surface area contributed by atoms with E-state index < -0.39 is 11.6 Å². The molecule has 5 heteroatoms. The Kier molecular flexibility index (Phi) is 3.85. The van der Waals surface area contributed by atoms with Gasteiger partial charge in [-0.3, -0.25) is 0 Å². The molecule has 2 rings (SSSR count). The highest BCUT2D eigenvalue weighted by Crippen LogP contribution is 2.27. The Morgan fingerprint density at radius 2 is 2.11 bits per heavy atom. The highest BCUT2D eigenvalue weighted by molar-refractivity contribution is 6.16. The third-order valence-electron chi connectivity index (χ3n) is 3.05. The number of alkyl halides is 1. The maximum atomic E-state index is 13.7. The number of imidazole rings is 1. The van der Waals surface area contributed by atoms with Crippen LogP contribution in [0, 0.1) is 11.6 Å². The van der Waals surface area contributed by atoms with Gasteiger partial charge in [-0.1, -0.05) is 13.3 Å². The molecule has 0 saturated carbocycles. The number of aromatic nitrogens is 2. The van der Waals surface area contributed by atoms with Gasteiger partial charge in [-0.25, -0.2) is 13.8 Å². The van der Waals surface area contributed by atoms with Gasteiger partial charge in [-0.15, -0.1) is 11.6 Å². The maximum absolute atomic E-state index is 13.7. The van der Waals surface area contributed by atoms with Crippen LogP contribution in [0.2, 0.25) is 0 Å². The van der Waals surface area contributed by atoms with Crippen LogP contribution in [0.3, 0.4) is 0 Å². The molecule has 0 saturated heterocycles. The summed E-state index contributed by atoms with van der Waals surface area (Å²) in [6.45, 7) is 4.07. The van der Waals surface area contributed by atoms with Crippen LogP contribution in [-0.4, -0.2) is 9.55 Å². The second-order valence-corrected chi connectivity index (χ2v) is 4.69. The number of nitrogens with zero attached hydrogens (tertiary/aromatic N) is 2. The Labute approximate surface area is 110 Å². The van der Waals surface area contributed by atoms with E-state index in [0.717, 1.165) is 18.9 Å². The van der Waals surface area contributed by atoms with Gasteiger partial charge in [0.05, 0.1) is 11.4 Å². The molecule has 0 bridgehead atoms. The molecule has 0 aliphatic carbocycles. The molecule has 0 N–H and O–H groups in total. The largest absolute Gasteiger partial charge is 0.324 e. The molecule has 0 fully saturated rings. The fraction of sp³-hybridized carbons (Fsp3) is 0.462. The van der Waals surface area contributed by atoms with E-state index in [0.29, 0.717) is 11.3 Å². The van der Waals surface area contributed by atoms with Crippen molar-refractivity contribution >= 4 is 22.6 Å². The molecule has 1 atom stereocenters. The van der Waals surface area contributed by atoms with E-state index in [1.165, 1.54) is 6.07 Å². The highest BCUT2D eigenvalue weighted by atomic mass is 35.5. The average molecular weight is 273 g/mol. The van der Waals surface area contributed by atoms with Crippen LogP contribution in [0.4, 0.5) is 8.78 Å². The predicted molar refractivity (Wildman–Crippen MR) is 68.8 cm³/mol. The summed E-state index contributed by atoms with van der Waals surface area (Å²) in [5, 5.41) is 0. The van der Waals surface area contributed by atoms with Gasteiger partial charge in [-0.05, 0) is 19.4 Å². The van der Waals surface area contributed by atoms with Crippen molar-refractivity contribution < 1.29 is 8.78 Å². The maximum Gasteiger partial charge on any atom is 0.153 e. The smallest absolute Gasteiger partial charge is 0.153 e. The van der Waals surface area contributed by atoms with Gasteiger partial charge in [0, 0.05) is 12.1 Å². The first-order chi connectivity index (χ1) is 8.58. The van der Waals surface area contributed by atoms with Crippen molar-refractivity contribution in [3.05, 3.63) is 29.6 Å². The van der Waals surface area contributed by atoms with E-state index in [-0.39, 0.29) is 17.4 Å². The van der Waals surface area contributed by atoms with Crippen LogP contribution < -0.4 is 0 Å². The number of rotatable bonds is 4. The lowest BCUT2D eigenvalue weighted by molar-refractivity contribution is 0.499. The molecule has 1 aromatic carbocycles. The summed E-state index contributed by atoms with van der Waals surface area (Å²) in [7, 11) is 0. The fourth-order valence-corrected chi connectivity index (χ4v) is 2.49. The van der Waals surface area contributed by atoms with E-state index >= 15 is 0 Å². The highest BCUT2D eigenvalue weighted by Gasteiger charge is 2.18. The minimum absolute atomic E-state index is 0.120. The van der Waals surface area contributed by atoms with Crippen LogP contribution in [0.5, 0.6) is 0 Å². The van der Waals surface area contributed by atoms with E-state index in [2.05, 4.69) is 11.9 Å². The lowest BCUT2D eigenvalue weighted by atomic mass is 10.2. The van der Waals surface area contributed by atoms with Crippen LogP contribution in [0.25, 0.3) is 11.0 Å². The Hall–Kier alpha value is -1.16. The summed E-state index contributed by atoms with van der Waals surface area (Å²) in [6.07, 6.45) is 1.90. The topological polar surface area (TPSA) is 17.8 Å². The molecule has 0 aliphatic rings. The molecular formula is C13H15ClF2N2. The Morgan fingerprint density at radius 3 is 2.72 bits per heavy atom. The first-order valence-electron chi connectivity index (χ1n) is 6.00. The molecule has 0 amide bonds. The fourth-order valence-electron chi connectivity index (χ4n) is 2.30. The molecular weight excluding hydrogens is 258 g/mol. The standard InChI is InChI=1S/C13H15ClF2N2/c1-3-4-8(2)18-11-6-9(15)5-10(16)13(11)17-12(18)7-14/h5-6,8H,3-4,7H2,1-2H3. The minimum Gasteiger partial charge on any atom is -0.324 e. The number of fused-ring (bicyclic) bond motifs is 1. The summed E-state index contributed by atoms with van der Waals surface area (Å²) >= 11 is 5.84. The summed E-state index contributed by atoms with van der Waals surface area (Å²) in [5.41, 5.74) is 0.666. The third kappa shape index (κ3) is 2.21. The Bertz CT molecular complexity index is 566. The molecule has 1 aromatic heterocycles. The quantitative estimate of drug-likeness (QED) is 0.754. The summed E-state index contributed by atoms with van der Waals surface area (Å²) < 4.78 is 28.8. The van der Waals surface area contributed by atoms with E-state index in [9.17, 15) is 8.78 Å². The minimum atomic E-state index is -0.640. The van der Waals surface area contributed by atoms with Gasteiger partial charge in [0.15, 0.2) is 5.82 Å². The molecule has 0 spiro atoms. The Balaban J connectivity index is 2.68. The van der Waals surface area contributed by atoms with Crippen LogP contribution in [-0.2, 0) is 5.88 Å². The van der Waals surface area contributed by atoms with E-state index in [1.54, 1.807) is 0 Å². The lowest BCUT2D eigenvalue weighted by Gasteiger charge is -2.16. The van der Waals surface area contributed by atoms with E-state index in [4.69, 9.17) is 11.6 Å².